The Kier molecular flexibility index (Phi) is 2.59. The van der Waals surface area contributed by atoms with Crippen LogP contribution < -0.4 is 0 Å². The molecule has 1 N–H and O–H groups in total. The molecule has 0 heterocycles. The molecule has 0 radical (unpaired) electrons. The Bertz CT molecular complexity index is 1040. The zero-order valence-corrected chi connectivity index (χ0v) is 11.9. The third-order valence-electron chi connectivity index (χ3n) is 4.32. The fraction of sp³-hybridized carbons (Fsp3) is 0.111. The van der Waals surface area contributed by atoms with Crippen molar-refractivity contribution in [1.29, 1.82) is 0 Å². The molecule has 22 heavy (non-hydrogen) atoms. The number of aliphatic hydroxyl groups is 1. The highest BCUT2D eigenvalue weighted by molar-refractivity contribution is 6.25. The predicted octanol–water partition coefficient (Wildman–Crippen LogP) is 4.55. The number of hydrogen-bond acceptors (Lipinski definition) is 3. The van der Waals surface area contributed by atoms with Crippen LogP contribution in [0.1, 0.15) is 18.6 Å². The normalized spacial score (nSPS) is 13.2. The number of hydrogen-bond donors (Lipinski definition) is 1. The number of non-ortho nitro benzene ring substituents is 1. The molecule has 0 fully saturated rings. The third-order valence-corrected chi connectivity index (χ3v) is 4.32. The van der Waals surface area contributed by atoms with Crippen LogP contribution in [0.25, 0.3) is 32.3 Å². The summed E-state index contributed by atoms with van der Waals surface area (Å²) >= 11 is 0. The van der Waals surface area contributed by atoms with Gasteiger partial charge in [0.2, 0.25) is 0 Å². The molecule has 0 bridgehead atoms. The molecule has 0 spiro atoms. The highest BCUT2D eigenvalue weighted by Crippen LogP contribution is 2.40. The summed E-state index contributed by atoms with van der Waals surface area (Å²) in [5.74, 6) is 0. The minimum Gasteiger partial charge on any atom is -0.389 e. The Labute approximate surface area is 126 Å². The van der Waals surface area contributed by atoms with E-state index >= 15 is 0 Å². The van der Waals surface area contributed by atoms with Gasteiger partial charge in [0, 0.05) is 11.5 Å². The zero-order chi connectivity index (χ0) is 15.4. The second kappa shape index (κ2) is 4.39. The van der Waals surface area contributed by atoms with E-state index in [9.17, 15) is 15.2 Å². The molecule has 0 aliphatic rings. The highest BCUT2D eigenvalue weighted by Gasteiger charge is 2.18. The Morgan fingerprint density at radius 1 is 0.909 bits per heavy atom. The van der Waals surface area contributed by atoms with Gasteiger partial charge < -0.3 is 5.11 Å². The molecule has 4 rings (SSSR count). The van der Waals surface area contributed by atoms with E-state index in [0.717, 1.165) is 32.5 Å². The monoisotopic (exact) mass is 291 g/mol. The van der Waals surface area contributed by atoms with Crippen molar-refractivity contribution in [1.82, 2.24) is 0 Å². The van der Waals surface area contributed by atoms with E-state index in [2.05, 4.69) is 0 Å². The molecule has 0 saturated heterocycles. The van der Waals surface area contributed by atoms with Gasteiger partial charge in [-0.15, -0.1) is 0 Å². The second-order valence-corrected chi connectivity index (χ2v) is 5.60. The fourth-order valence-corrected chi connectivity index (χ4v) is 3.33. The summed E-state index contributed by atoms with van der Waals surface area (Å²) in [5, 5.41) is 26.7. The average Bonchev–Trinajstić information content (AvgIpc) is 2.51. The molecular formula is C18H13NO3. The lowest BCUT2D eigenvalue weighted by molar-refractivity contribution is -0.383. The minimum absolute atomic E-state index is 0.115. The molecule has 0 aliphatic heterocycles. The predicted molar refractivity (Wildman–Crippen MR) is 87.4 cm³/mol. The molecule has 1 atom stereocenters. The molecule has 0 aromatic heterocycles. The minimum atomic E-state index is -0.584. The van der Waals surface area contributed by atoms with Crippen molar-refractivity contribution in [3.8, 4) is 0 Å². The van der Waals surface area contributed by atoms with Crippen molar-refractivity contribution in [2.75, 3.05) is 0 Å². The van der Waals surface area contributed by atoms with E-state index in [1.54, 1.807) is 19.1 Å². The van der Waals surface area contributed by atoms with E-state index in [1.807, 2.05) is 36.4 Å². The number of benzene rings is 4. The average molecular weight is 291 g/mol. The summed E-state index contributed by atoms with van der Waals surface area (Å²) in [6.07, 6.45) is -0.584. The maximum absolute atomic E-state index is 11.3. The molecule has 0 aliphatic carbocycles. The van der Waals surface area contributed by atoms with E-state index in [4.69, 9.17) is 0 Å². The molecule has 4 aromatic rings. The first-order valence-corrected chi connectivity index (χ1v) is 7.11. The lowest BCUT2D eigenvalue weighted by Crippen LogP contribution is -1.95. The summed E-state index contributed by atoms with van der Waals surface area (Å²) in [4.78, 5) is 10.9. The van der Waals surface area contributed by atoms with Gasteiger partial charge in [0.05, 0.1) is 16.4 Å². The van der Waals surface area contributed by atoms with E-state index in [0.29, 0.717) is 5.39 Å². The van der Waals surface area contributed by atoms with Crippen LogP contribution in [0.15, 0.2) is 48.5 Å². The molecule has 4 heteroatoms. The highest BCUT2D eigenvalue weighted by atomic mass is 16.6. The van der Waals surface area contributed by atoms with Gasteiger partial charge >= 0.3 is 0 Å². The third kappa shape index (κ3) is 1.61. The number of rotatable bonds is 2. The van der Waals surface area contributed by atoms with Crippen LogP contribution in [0, 0.1) is 10.1 Å². The van der Waals surface area contributed by atoms with Crippen LogP contribution in [0.4, 0.5) is 5.69 Å². The summed E-state index contributed by atoms with van der Waals surface area (Å²) in [7, 11) is 0. The largest absolute Gasteiger partial charge is 0.389 e. The molecule has 1 unspecified atom stereocenters. The Morgan fingerprint density at radius 2 is 1.45 bits per heavy atom. The van der Waals surface area contributed by atoms with Crippen molar-refractivity contribution >= 4 is 38.0 Å². The Balaban J connectivity index is 2.30. The molecule has 0 saturated carbocycles. The van der Waals surface area contributed by atoms with Crippen LogP contribution in [0.3, 0.4) is 0 Å². The van der Waals surface area contributed by atoms with Crippen LogP contribution in [0.2, 0.25) is 0 Å². The smallest absolute Gasteiger partial charge is 0.277 e. The van der Waals surface area contributed by atoms with Crippen LogP contribution in [-0.2, 0) is 0 Å². The molecular weight excluding hydrogens is 278 g/mol. The van der Waals surface area contributed by atoms with Crippen molar-refractivity contribution in [3.05, 3.63) is 64.2 Å². The second-order valence-electron chi connectivity index (χ2n) is 5.60. The molecule has 4 nitrogen and oxygen atoms in total. The van der Waals surface area contributed by atoms with Crippen molar-refractivity contribution in [2.24, 2.45) is 0 Å². The van der Waals surface area contributed by atoms with Gasteiger partial charge in [0.25, 0.3) is 5.69 Å². The molecule has 108 valence electrons. The van der Waals surface area contributed by atoms with Crippen LogP contribution in [0.5, 0.6) is 0 Å². The number of aliphatic hydroxyl groups excluding tert-OH is 1. The van der Waals surface area contributed by atoms with Gasteiger partial charge in [-0.3, -0.25) is 10.1 Å². The van der Waals surface area contributed by atoms with Gasteiger partial charge in [-0.25, -0.2) is 0 Å². The van der Waals surface area contributed by atoms with Crippen molar-refractivity contribution in [2.45, 2.75) is 13.0 Å². The summed E-state index contributed by atoms with van der Waals surface area (Å²) in [6, 6.07) is 14.9. The SMILES string of the molecule is CC(O)c1ccc2ccc3c([N+](=O)[O-])ccc4ccc1c2c43. The zero-order valence-electron chi connectivity index (χ0n) is 11.9. The Hall–Kier alpha value is -2.72. The van der Waals surface area contributed by atoms with Gasteiger partial charge in [0.1, 0.15) is 0 Å². The fourth-order valence-electron chi connectivity index (χ4n) is 3.33. The summed E-state index contributed by atoms with van der Waals surface area (Å²) in [5.41, 5.74) is 0.956. The van der Waals surface area contributed by atoms with Gasteiger partial charge in [-0.05, 0) is 46.2 Å². The number of nitro benzene ring substituents is 1. The van der Waals surface area contributed by atoms with E-state index in [-0.39, 0.29) is 10.6 Å². The quantitative estimate of drug-likeness (QED) is 0.335. The first-order chi connectivity index (χ1) is 10.6. The Morgan fingerprint density at radius 3 is 2.09 bits per heavy atom. The lowest BCUT2D eigenvalue weighted by atomic mass is 9.90. The first kappa shape index (κ1) is 13.0. The molecule has 4 aromatic carbocycles. The number of nitro groups is 1. The van der Waals surface area contributed by atoms with Crippen LogP contribution >= 0.6 is 0 Å². The van der Waals surface area contributed by atoms with Crippen molar-refractivity contribution in [3.63, 3.8) is 0 Å². The number of nitrogens with zero attached hydrogens (tertiary/aromatic N) is 1. The molecule has 0 amide bonds. The summed E-state index contributed by atoms with van der Waals surface area (Å²) in [6.45, 7) is 1.73. The van der Waals surface area contributed by atoms with Gasteiger partial charge in [-0.1, -0.05) is 30.3 Å². The van der Waals surface area contributed by atoms with E-state index < -0.39 is 6.10 Å². The topological polar surface area (TPSA) is 63.4 Å². The maximum atomic E-state index is 11.3. The lowest BCUT2D eigenvalue weighted by Gasteiger charge is -2.15. The maximum Gasteiger partial charge on any atom is 0.277 e. The first-order valence-electron chi connectivity index (χ1n) is 7.11. The van der Waals surface area contributed by atoms with Crippen LogP contribution in [-0.4, -0.2) is 10.0 Å². The summed E-state index contributed by atoms with van der Waals surface area (Å²) < 4.78 is 0. The van der Waals surface area contributed by atoms with E-state index in [1.165, 1.54) is 0 Å². The van der Waals surface area contributed by atoms with Gasteiger partial charge in [-0.2, -0.15) is 0 Å². The van der Waals surface area contributed by atoms with Crippen molar-refractivity contribution < 1.29 is 10.0 Å². The van der Waals surface area contributed by atoms with Gasteiger partial charge in [0.15, 0.2) is 0 Å². The standard InChI is InChI=1S/C18H13NO3/c1-10(20)13-6-2-11-4-8-15-16(19(21)22)9-5-12-3-7-14(13)17(11)18(12)15/h2-10,20H,1H3.